The van der Waals surface area contributed by atoms with Crippen LogP contribution in [0, 0.1) is 0 Å². The fourth-order valence-electron chi connectivity index (χ4n) is 5.76. The molecule has 4 unspecified atom stereocenters. The number of hydrogen-bond acceptors (Lipinski definition) is 8. The van der Waals surface area contributed by atoms with Crippen molar-refractivity contribution in [2.75, 3.05) is 30.7 Å². The molecule has 2 saturated heterocycles. The molecular weight excluding hydrogens is 534 g/mol. The summed E-state index contributed by atoms with van der Waals surface area (Å²) in [7, 11) is 0. The highest BCUT2D eigenvalue weighted by atomic mass is 16.8. The number of carbonyl (C=O) groups is 1. The zero-order chi connectivity index (χ0) is 30.2. The van der Waals surface area contributed by atoms with Crippen LogP contribution < -0.4 is 16.4 Å². The third-order valence-electron chi connectivity index (χ3n) is 8.01. The fraction of sp³-hybridized carbons (Fsp3) is 0.581. The maximum absolute atomic E-state index is 12.5. The first kappa shape index (κ1) is 30.2. The minimum atomic E-state index is -0.719. The van der Waals surface area contributed by atoms with Gasteiger partial charge in [-0.3, -0.25) is 4.90 Å². The van der Waals surface area contributed by atoms with Crippen LogP contribution in [0.15, 0.2) is 42.7 Å². The molecule has 4 heterocycles. The van der Waals surface area contributed by atoms with E-state index in [1.807, 2.05) is 38.1 Å². The van der Waals surface area contributed by atoms with Gasteiger partial charge in [-0.2, -0.15) is 5.10 Å². The fourth-order valence-corrected chi connectivity index (χ4v) is 5.76. The molecule has 4 N–H and O–H groups in total. The van der Waals surface area contributed by atoms with Crippen LogP contribution in [0.1, 0.15) is 72.2 Å². The van der Waals surface area contributed by atoms with Crippen molar-refractivity contribution in [2.24, 2.45) is 0 Å². The summed E-state index contributed by atoms with van der Waals surface area (Å²) in [5.74, 6) is -0.304. The van der Waals surface area contributed by atoms with Gasteiger partial charge in [-0.15, -0.1) is 0 Å². The summed E-state index contributed by atoms with van der Waals surface area (Å²) in [6.45, 7) is 16.7. The maximum Gasteiger partial charge on any atom is 0.319 e. The van der Waals surface area contributed by atoms with Crippen LogP contribution in [0.25, 0.3) is 5.52 Å². The lowest BCUT2D eigenvalue weighted by Gasteiger charge is -2.31. The predicted molar refractivity (Wildman–Crippen MR) is 162 cm³/mol. The molecule has 2 aliphatic heterocycles. The molecule has 0 spiro atoms. The Morgan fingerprint density at radius 2 is 1.83 bits per heavy atom. The highest BCUT2D eigenvalue weighted by Crippen LogP contribution is 2.45. The third kappa shape index (κ3) is 6.54. The van der Waals surface area contributed by atoms with Crippen molar-refractivity contribution in [3.8, 4) is 0 Å². The Morgan fingerprint density at radius 3 is 2.52 bits per heavy atom. The second-order valence-electron chi connectivity index (χ2n) is 13.0. The van der Waals surface area contributed by atoms with Gasteiger partial charge in [0.2, 0.25) is 0 Å². The van der Waals surface area contributed by atoms with Crippen molar-refractivity contribution in [1.82, 2.24) is 24.8 Å². The number of hydrogen-bond donors (Lipinski definition) is 3. The number of fused-ring (bicyclic) bond motifs is 2. The summed E-state index contributed by atoms with van der Waals surface area (Å²) >= 11 is 0. The smallest absolute Gasteiger partial charge is 0.319 e. The van der Waals surface area contributed by atoms with Crippen LogP contribution in [-0.2, 0) is 19.6 Å². The van der Waals surface area contributed by atoms with Gasteiger partial charge in [0.25, 0.3) is 0 Å². The highest BCUT2D eigenvalue weighted by molar-refractivity contribution is 5.89. The molecule has 2 amide bonds. The summed E-state index contributed by atoms with van der Waals surface area (Å²) in [6.07, 6.45) is 1.15. The number of nitrogen functional groups attached to an aromatic ring is 1. The van der Waals surface area contributed by atoms with E-state index in [2.05, 4.69) is 72.4 Å². The van der Waals surface area contributed by atoms with Crippen molar-refractivity contribution in [1.29, 1.82) is 0 Å². The summed E-state index contributed by atoms with van der Waals surface area (Å²) in [6, 6.07) is 11.9. The van der Waals surface area contributed by atoms with Crippen LogP contribution >= 0.6 is 0 Å². The van der Waals surface area contributed by atoms with E-state index < -0.39 is 5.79 Å². The van der Waals surface area contributed by atoms with E-state index in [4.69, 9.17) is 19.9 Å². The van der Waals surface area contributed by atoms with Crippen molar-refractivity contribution >= 4 is 23.1 Å². The van der Waals surface area contributed by atoms with Crippen LogP contribution in [0.4, 0.5) is 16.3 Å². The molecule has 0 bridgehead atoms. The number of aromatic nitrogens is 3. The lowest BCUT2D eigenvalue weighted by Crippen LogP contribution is -2.44. The quantitative estimate of drug-likeness (QED) is 0.317. The van der Waals surface area contributed by atoms with Crippen molar-refractivity contribution < 1.29 is 19.0 Å². The first-order chi connectivity index (χ1) is 19.8. The average molecular weight is 580 g/mol. The molecular formula is C31H45N7O4. The zero-order valence-electron chi connectivity index (χ0n) is 25.8. The molecule has 2 aliphatic rings. The molecule has 5 rings (SSSR count). The largest absolute Gasteiger partial charge is 0.382 e. The van der Waals surface area contributed by atoms with Crippen molar-refractivity contribution in [2.45, 2.75) is 96.5 Å². The number of benzene rings is 1. The highest BCUT2D eigenvalue weighted by Gasteiger charge is 2.56. The minimum Gasteiger partial charge on any atom is -0.382 e. The molecule has 11 nitrogen and oxygen atoms in total. The summed E-state index contributed by atoms with van der Waals surface area (Å²) in [5.41, 5.74) is 9.74. The Balaban J connectivity index is 1.18. The molecule has 2 fully saturated rings. The van der Waals surface area contributed by atoms with Crippen LogP contribution in [0.5, 0.6) is 0 Å². The van der Waals surface area contributed by atoms with Gasteiger partial charge in [-0.1, -0.05) is 32.9 Å². The van der Waals surface area contributed by atoms with Gasteiger partial charge in [0, 0.05) is 31.4 Å². The van der Waals surface area contributed by atoms with E-state index >= 15 is 0 Å². The number of amides is 2. The topological polar surface area (TPSA) is 128 Å². The summed E-state index contributed by atoms with van der Waals surface area (Å²) < 4.78 is 21.1. The Hall–Kier alpha value is -3.25. The number of urea groups is 1. The molecule has 0 aliphatic carbocycles. The van der Waals surface area contributed by atoms with E-state index in [0.717, 1.165) is 29.9 Å². The maximum atomic E-state index is 12.5. The summed E-state index contributed by atoms with van der Waals surface area (Å²) in [5, 5.41) is 10.3. The molecule has 11 heteroatoms. The molecule has 3 aromatic rings. The van der Waals surface area contributed by atoms with Gasteiger partial charge in [0.15, 0.2) is 11.6 Å². The Morgan fingerprint density at radius 1 is 1.12 bits per heavy atom. The number of anilines is 2. The molecule has 4 atom stereocenters. The Bertz CT molecular complexity index is 1380. The minimum absolute atomic E-state index is 0.0712. The van der Waals surface area contributed by atoms with Crippen LogP contribution in [-0.4, -0.2) is 75.3 Å². The first-order valence-corrected chi connectivity index (χ1v) is 14.8. The van der Waals surface area contributed by atoms with Gasteiger partial charge in [-0.25, -0.2) is 14.3 Å². The van der Waals surface area contributed by atoms with Crippen LogP contribution in [0.2, 0.25) is 0 Å². The van der Waals surface area contributed by atoms with Crippen molar-refractivity contribution in [3.63, 3.8) is 0 Å². The van der Waals surface area contributed by atoms with Gasteiger partial charge in [0.1, 0.15) is 36.3 Å². The second-order valence-corrected chi connectivity index (χ2v) is 13.0. The first-order valence-electron chi connectivity index (χ1n) is 14.8. The molecule has 228 valence electrons. The van der Waals surface area contributed by atoms with Crippen molar-refractivity contribution in [3.05, 3.63) is 54.0 Å². The third-order valence-corrected chi connectivity index (χ3v) is 8.01. The monoisotopic (exact) mass is 579 g/mol. The van der Waals surface area contributed by atoms with E-state index in [-0.39, 0.29) is 41.9 Å². The standard InChI is InChI=1S/C31H45N7O4/c1-19(2)37(16-8-15-33-29(39)36-21-11-9-20(10-12-21)30(3,4)5)17-24-26-27(42-31(6,7)41-26)25(40-24)22-13-14-23-28(32)34-18-35-38(22)23/h9-14,18-19,24-27H,8,15-17H2,1-7H3,(H2,32,34,35)(H2,33,36,39). The molecule has 0 saturated carbocycles. The van der Waals surface area contributed by atoms with Gasteiger partial charge >= 0.3 is 6.03 Å². The molecule has 42 heavy (non-hydrogen) atoms. The lowest BCUT2D eigenvalue weighted by atomic mass is 9.87. The van der Waals surface area contributed by atoms with Gasteiger partial charge in [-0.05, 0) is 69.4 Å². The van der Waals surface area contributed by atoms with E-state index in [1.165, 1.54) is 11.9 Å². The van der Waals surface area contributed by atoms with Gasteiger partial charge in [0.05, 0.1) is 5.69 Å². The average Bonchev–Trinajstić information content (AvgIpc) is 3.57. The van der Waals surface area contributed by atoms with E-state index in [0.29, 0.717) is 18.9 Å². The Kier molecular flexibility index (Phi) is 8.48. The SMILES string of the molecule is CC(C)N(CCCNC(=O)Nc1ccc(C(C)(C)C)cc1)CC1OC(c2ccc3c(N)ncnn23)C2OC(C)(C)OC12. The number of nitrogens with one attached hydrogen (secondary N) is 2. The number of ether oxygens (including phenoxy) is 3. The molecule has 0 radical (unpaired) electrons. The Labute approximate surface area is 248 Å². The lowest BCUT2D eigenvalue weighted by molar-refractivity contribution is -0.190. The predicted octanol–water partition coefficient (Wildman–Crippen LogP) is 4.49. The number of rotatable bonds is 9. The summed E-state index contributed by atoms with van der Waals surface area (Å²) in [4.78, 5) is 19.0. The van der Waals surface area contributed by atoms with E-state index in [9.17, 15) is 4.79 Å². The number of nitrogens with two attached hydrogens (primary N) is 1. The van der Waals surface area contributed by atoms with Crippen LogP contribution in [0.3, 0.4) is 0 Å². The second kappa shape index (κ2) is 11.8. The molecule has 2 aromatic heterocycles. The zero-order valence-corrected chi connectivity index (χ0v) is 25.8. The van der Waals surface area contributed by atoms with Gasteiger partial charge < -0.3 is 30.6 Å². The normalized spacial score (nSPS) is 23.5. The molecule has 1 aromatic carbocycles. The number of nitrogens with zero attached hydrogens (tertiary/aromatic N) is 4. The number of carbonyl (C=O) groups excluding carboxylic acids is 1. The van der Waals surface area contributed by atoms with E-state index in [1.54, 1.807) is 4.52 Å².